The molecular weight excluding hydrogens is 346 g/mol. The number of pyridine rings is 1. The van der Waals surface area contributed by atoms with E-state index in [-0.39, 0.29) is 0 Å². The van der Waals surface area contributed by atoms with Gasteiger partial charge in [-0.3, -0.25) is 5.32 Å². The molecule has 0 fully saturated rings. The Morgan fingerprint density at radius 3 is 2.70 bits per heavy atom. The van der Waals surface area contributed by atoms with E-state index in [0.717, 1.165) is 22.2 Å². The lowest BCUT2D eigenvalue weighted by Crippen LogP contribution is -2.37. The Morgan fingerprint density at radius 2 is 2.04 bits per heavy atom. The Kier molecular flexibility index (Phi) is 5.29. The largest absolute Gasteiger partial charge is 0.453 e. The van der Waals surface area contributed by atoms with Crippen molar-refractivity contribution in [3.8, 4) is 0 Å². The number of nitrogens with zero attached hydrogens (tertiary/aromatic N) is 3. The number of fused-ring (bicyclic) bond motifs is 3. The lowest BCUT2D eigenvalue weighted by Gasteiger charge is -2.22. The van der Waals surface area contributed by atoms with Gasteiger partial charge in [0.25, 0.3) is 0 Å². The molecule has 1 aromatic carbocycles. The number of nitrogens with two attached hydrogens (primary N) is 1. The molecule has 0 saturated heterocycles. The number of benzene rings is 1. The minimum atomic E-state index is -0.598. The Balaban J connectivity index is 2.32. The number of carbonyl (C=O) groups excluding carboxylic acids is 1. The smallest absolute Gasteiger partial charge is 0.412 e. The zero-order chi connectivity index (χ0) is 19.6. The van der Waals surface area contributed by atoms with Gasteiger partial charge in [0.2, 0.25) is 0 Å². The van der Waals surface area contributed by atoms with Crippen molar-refractivity contribution < 1.29 is 14.3 Å². The van der Waals surface area contributed by atoms with Gasteiger partial charge in [-0.2, -0.15) is 0 Å². The standard InChI is InChI=1S/C19H25N5O3/c1-5-27-10-14-22-15-16(24(14)11-19(2,3)20)12-8-6-7-9-13(12)21-17(15)23-18(25)26-4/h6-9H,5,10-11,20H2,1-4H3,(H,21,23,25). The summed E-state index contributed by atoms with van der Waals surface area (Å²) in [6, 6.07) is 7.73. The second-order valence-electron chi connectivity index (χ2n) is 7.03. The first-order valence-electron chi connectivity index (χ1n) is 8.83. The fraction of sp³-hybridized carbons (Fsp3) is 0.421. The average Bonchev–Trinajstić information content (AvgIpc) is 2.97. The number of ether oxygens (including phenoxy) is 2. The van der Waals surface area contributed by atoms with E-state index in [2.05, 4.69) is 14.9 Å². The maximum Gasteiger partial charge on any atom is 0.412 e. The van der Waals surface area contributed by atoms with E-state index in [1.165, 1.54) is 7.11 Å². The van der Waals surface area contributed by atoms with Crippen molar-refractivity contribution in [3.05, 3.63) is 30.1 Å². The summed E-state index contributed by atoms with van der Waals surface area (Å²) in [7, 11) is 1.31. The number of carbonyl (C=O) groups is 1. The Labute approximate surface area is 157 Å². The van der Waals surface area contributed by atoms with E-state index in [1.807, 2.05) is 45.0 Å². The molecule has 1 amide bonds. The Bertz CT molecular complexity index is 975. The van der Waals surface area contributed by atoms with Crippen molar-refractivity contribution in [2.24, 2.45) is 5.73 Å². The molecule has 0 bridgehead atoms. The predicted octanol–water partition coefficient (Wildman–Crippen LogP) is 3.04. The molecule has 0 aliphatic rings. The summed E-state index contributed by atoms with van der Waals surface area (Å²) >= 11 is 0. The molecule has 2 aromatic heterocycles. The maximum absolute atomic E-state index is 11.8. The summed E-state index contributed by atoms with van der Waals surface area (Å²) in [4.78, 5) is 21.1. The topological polar surface area (TPSA) is 104 Å². The molecule has 3 N–H and O–H groups in total. The van der Waals surface area contributed by atoms with Crippen LogP contribution in [0.4, 0.5) is 10.6 Å². The first-order valence-corrected chi connectivity index (χ1v) is 8.83. The lowest BCUT2D eigenvalue weighted by atomic mass is 10.1. The summed E-state index contributed by atoms with van der Waals surface area (Å²) in [5, 5.41) is 3.60. The SMILES string of the molecule is CCOCc1nc2c(NC(=O)OC)nc3ccccc3c2n1CC(C)(C)N. The fourth-order valence-electron chi connectivity index (χ4n) is 3.00. The lowest BCUT2D eigenvalue weighted by molar-refractivity contribution is 0.125. The van der Waals surface area contributed by atoms with Gasteiger partial charge in [-0.25, -0.2) is 14.8 Å². The molecule has 0 unspecified atom stereocenters. The second-order valence-corrected chi connectivity index (χ2v) is 7.03. The van der Waals surface area contributed by atoms with Gasteiger partial charge in [0.15, 0.2) is 5.82 Å². The molecule has 0 aliphatic carbocycles. The normalized spacial score (nSPS) is 11.9. The van der Waals surface area contributed by atoms with Crippen molar-refractivity contribution in [3.63, 3.8) is 0 Å². The molecule has 3 aromatic rings. The third-order valence-corrected chi connectivity index (χ3v) is 4.07. The number of aromatic nitrogens is 3. The van der Waals surface area contributed by atoms with E-state index in [9.17, 15) is 4.79 Å². The van der Waals surface area contributed by atoms with Gasteiger partial charge in [0.1, 0.15) is 17.9 Å². The van der Waals surface area contributed by atoms with Gasteiger partial charge in [-0.1, -0.05) is 18.2 Å². The maximum atomic E-state index is 11.8. The molecule has 0 aliphatic heterocycles. The summed E-state index contributed by atoms with van der Waals surface area (Å²) in [5.74, 6) is 1.08. The number of methoxy groups -OCH3 is 1. The predicted molar refractivity (Wildman–Crippen MR) is 105 cm³/mol. The number of para-hydroxylation sites is 1. The molecule has 3 rings (SSSR count). The molecule has 0 saturated carbocycles. The highest BCUT2D eigenvalue weighted by molar-refractivity contribution is 6.09. The van der Waals surface area contributed by atoms with Crippen LogP contribution in [0.3, 0.4) is 0 Å². The molecule has 0 spiro atoms. The number of amides is 1. The van der Waals surface area contributed by atoms with Crippen LogP contribution in [0.25, 0.3) is 21.9 Å². The Morgan fingerprint density at radius 1 is 1.30 bits per heavy atom. The first kappa shape index (κ1) is 19.1. The van der Waals surface area contributed by atoms with Crippen molar-refractivity contribution >= 4 is 33.8 Å². The van der Waals surface area contributed by atoms with Gasteiger partial charge in [-0.05, 0) is 26.8 Å². The summed E-state index contributed by atoms with van der Waals surface area (Å²) in [6.45, 7) is 7.30. The van der Waals surface area contributed by atoms with Crippen LogP contribution in [0.1, 0.15) is 26.6 Å². The molecule has 0 atom stereocenters. The van der Waals surface area contributed by atoms with E-state index >= 15 is 0 Å². The van der Waals surface area contributed by atoms with Crippen LogP contribution >= 0.6 is 0 Å². The minimum absolute atomic E-state index is 0.341. The highest BCUT2D eigenvalue weighted by atomic mass is 16.5. The molecule has 2 heterocycles. The summed E-state index contributed by atoms with van der Waals surface area (Å²) < 4.78 is 12.4. The third kappa shape index (κ3) is 4.01. The van der Waals surface area contributed by atoms with Crippen molar-refractivity contribution in [2.45, 2.75) is 39.5 Å². The average molecular weight is 371 g/mol. The van der Waals surface area contributed by atoms with Crippen LogP contribution in [0.5, 0.6) is 0 Å². The molecular formula is C19H25N5O3. The molecule has 27 heavy (non-hydrogen) atoms. The third-order valence-electron chi connectivity index (χ3n) is 4.07. The van der Waals surface area contributed by atoms with Gasteiger partial charge < -0.3 is 19.8 Å². The Hall–Kier alpha value is -2.71. The zero-order valence-corrected chi connectivity index (χ0v) is 16.1. The molecule has 8 heteroatoms. The van der Waals surface area contributed by atoms with Crippen molar-refractivity contribution in [2.75, 3.05) is 19.0 Å². The molecule has 144 valence electrons. The van der Waals surface area contributed by atoms with E-state index in [1.54, 1.807) is 0 Å². The highest BCUT2D eigenvalue weighted by Gasteiger charge is 2.23. The van der Waals surface area contributed by atoms with E-state index in [0.29, 0.717) is 31.1 Å². The highest BCUT2D eigenvalue weighted by Crippen LogP contribution is 2.31. The number of imidazole rings is 1. The monoisotopic (exact) mass is 371 g/mol. The summed E-state index contributed by atoms with van der Waals surface area (Å²) in [5.41, 5.74) is 8.03. The van der Waals surface area contributed by atoms with Crippen molar-refractivity contribution in [1.29, 1.82) is 0 Å². The van der Waals surface area contributed by atoms with Crippen LogP contribution in [0.2, 0.25) is 0 Å². The van der Waals surface area contributed by atoms with Crippen LogP contribution in [-0.4, -0.2) is 39.9 Å². The number of hydrogen-bond donors (Lipinski definition) is 2. The number of anilines is 1. The molecule has 8 nitrogen and oxygen atoms in total. The first-order chi connectivity index (χ1) is 12.8. The number of nitrogens with one attached hydrogen (secondary N) is 1. The van der Waals surface area contributed by atoms with E-state index < -0.39 is 11.6 Å². The minimum Gasteiger partial charge on any atom is -0.453 e. The van der Waals surface area contributed by atoms with Crippen LogP contribution in [0, 0.1) is 0 Å². The van der Waals surface area contributed by atoms with E-state index in [4.69, 9.17) is 20.2 Å². The fourth-order valence-corrected chi connectivity index (χ4v) is 3.00. The van der Waals surface area contributed by atoms with Gasteiger partial charge >= 0.3 is 6.09 Å². The van der Waals surface area contributed by atoms with Gasteiger partial charge in [0.05, 0.1) is 18.1 Å². The van der Waals surface area contributed by atoms with Crippen LogP contribution < -0.4 is 11.1 Å². The quantitative estimate of drug-likeness (QED) is 0.690. The van der Waals surface area contributed by atoms with Gasteiger partial charge in [0, 0.05) is 24.1 Å². The second kappa shape index (κ2) is 7.50. The van der Waals surface area contributed by atoms with Crippen LogP contribution in [-0.2, 0) is 22.6 Å². The zero-order valence-electron chi connectivity index (χ0n) is 16.1. The number of rotatable bonds is 6. The van der Waals surface area contributed by atoms with Crippen molar-refractivity contribution in [1.82, 2.24) is 14.5 Å². The number of hydrogen-bond acceptors (Lipinski definition) is 6. The molecule has 0 radical (unpaired) electrons. The summed E-state index contributed by atoms with van der Waals surface area (Å²) in [6.07, 6.45) is -0.598. The van der Waals surface area contributed by atoms with Crippen LogP contribution in [0.15, 0.2) is 24.3 Å². The van der Waals surface area contributed by atoms with Gasteiger partial charge in [-0.15, -0.1) is 0 Å².